The summed E-state index contributed by atoms with van der Waals surface area (Å²) in [6.07, 6.45) is -7.36. The molecule has 4 atom stereocenters. The first-order valence-electron chi connectivity index (χ1n) is 6.50. The summed E-state index contributed by atoms with van der Waals surface area (Å²) < 4.78 is 4.59. The number of hydrogen-bond donors (Lipinski definition) is 4. The second kappa shape index (κ2) is 11.2. The van der Waals surface area contributed by atoms with Crippen molar-refractivity contribution in [3.05, 3.63) is 30.3 Å². The summed E-state index contributed by atoms with van der Waals surface area (Å²) in [5, 5.41) is 43.2. The van der Waals surface area contributed by atoms with E-state index in [1.54, 1.807) is 18.2 Å². The molecule has 0 saturated carbocycles. The number of oxime groups is 1. The molecule has 14 heteroatoms. The van der Waals surface area contributed by atoms with Gasteiger partial charge in [0.25, 0.3) is 5.85 Å². The van der Waals surface area contributed by atoms with Crippen molar-refractivity contribution < 1.29 is 104 Å². The van der Waals surface area contributed by atoms with Crippen molar-refractivity contribution in [1.82, 2.24) is 0 Å². The predicted molar refractivity (Wildman–Crippen MR) is 74.1 cm³/mol. The number of hydrogen-bond acceptors (Lipinski definition) is 11. The fourth-order valence-electron chi connectivity index (χ4n) is 1.81. The van der Waals surface area contributed by atoms with Crippen molar-refractivity contribution in [1.29, 1.82) is 0 Å². The molecule has 1 aliphatic heterocycles. The largest absolute Gasteiger partial charge is 1.00 e. The van der Waals surface area contributed by atoms with Gasteiger partial charge in [-0.2, -0.15) is 5.16 Å². The van der Waals surface area contributed by atoms with Crippen LogP contribution in [0.15, 0.2) is 40.5 Å². The molecule has 1 aromatic rings. The van der Waals surface area contributed by atoms with Gasteiger partial charge in [0.2, 0.25) is 5.90 Å². The Bertz CT molecular complexity index is 629. The maximum atomic E-state index is 11.5. The zero-order valence-electron chi connectivity index (χ0n) is 13.9. The Morgan fingerprint density at radius 3 is 2.19 bits per heavy atom. The summed E-state index contributed by atoms with van der Waals surface area (Å²) in [6.45, 7) is 0. The minimum atomic E-state index is -5.24. The average molecular weight is 406 g/mol. The molecule has 0 aliphatic carbocycles. The van der Waals surface area contributed by atoms with E-state index in [0.29, 0.717) is 0 Å². The van der Waals surface area contributed by atoms with Crippen molar-refractivity contribution in [3.8, 4) is 0 Å². The van der Waals surface area contributed by atoms with E-state index in [4.69, 9.17) is 4.89 Å². The third-order valence-corrected chi connectivity index (χ3v) is 4.03. The number of benzene rings is 1. The number of para-hydroxylation sites is 1. The first-order valence-corrected chi connectivity index (χ1v) is 8.15. The first kappa shape index (κ1) is 26.1. The number of aliphatic hydroxyl groups is 3. The summed E-state index contributed by atoms with van der Waals surface area (Å²) in [5.41, 5.74) is 0.251. The Hall–Kier alpha value is 0.150. The number of nitrogens with zero attached hydrogens (tertiary/aromatic N) is 2. The SMILES string of the molecule is [Na+].[Na+].[O-]C(=Nc1ccccc1)O/N=C1/O[C@H]([P+]([O-])([O-])O)[C@@H](O)[C@H](O)[C@H]1O. The van der Waals surface area contributed by atoms with Gasteiger partial charge in [0.15, 0.2) is 18.3 Å². The maximum absolute atomic E-state index is 11.5. The summed E-state index contributed by atoms with van der Waals surface area (Å²) in [7, 11) is -5.24. The van der Waals surface area contributed by atoms with Gasteiger partial charge in [-0.15, -0.1) is 0 Å². The molecule has 0 spiro atoms. The Balaban J connectivity index is 0.00000312. The van der Waals surface area contributed by atoms with Gasteiger partial charge >= 0.3 is 59.1 Å². The Morgan fingerprint density at radius 2 is 1.65 bits per heavy atom. The van der Waals surface area contributed by atoms with Gasteiger partial charge in [0.05, 0.1) is 13.6 Å². The standard InChI is InChI=1S/C12H15N2O9P.2Na/c15-7-8(16)10(22-11(9(7)17)24(19,20)21)14-23-12(18)13-6-4-2-1-3-5-6;;/h1-5,7-9,11,15-17H,(H,13,18)(H2,19,20,21);;/q;2*+1/p-2/b14-10+;;/t7-,8-,9+,11-;;/m1../s1. The van der Waals surface area contributed by atoms with E-state index in [-0.39, 0.29) is 64.8 Å². The van der Waals surface area contributed by atoms with Crippen LogP contribution < -0.4 is 74.0 Å². The Labute approximate surface area is 192 Å². The fraction of sp³-hybridized carbons (Fsp3) is 0.333. The van der Waals surface area contributed by atoms with E-state index >= 15 is 0 Å². The van der Waals surface area contributed by atoms with E-state index in [1.807, 2.05) is 0 Å². The van der Waals surface area contributed by atoms with Crippen LogP contribution in [0.5, 0.6) is 0 Å². The second-order valence-electron chi connectivity index (χ2n) is 4.73. The van der Waals surface area contributed by atoms with Crippen LogP contribution in [-0.4, -0.2) is 56.4 Å². The van der Waals surface area contributed by atoms with Crippen molar-refractivity contribution in [2.75, 3.05) is 0 Å². The van der Waals surface area contributed by atoms with E-state index in [0.717, 1.165) is 0 Å². The Morgan fingerprint density at radius 1 is 1.08 bits per heavy atom. The molecule has 1 aromatic carbocycles. The van der Waals surface area contributed by atoms with E-state index in [9.17, 15) is 30.2 Å². The van der Waals surface area contributed by atoms with Gasteiger partial charge in [-0.25, -0.2) is 4.99 Å². The zero-order valence-corrected chi connectivity index (χ0v) is 18.8. The third-order valence-electron chi connectivity index (χ3n) is 2.97. The van der Waals surface area contributed by atoms with Crippen molar-refractivity contribution in [2.24, 2.45) is 10.1 Å². The molecule has 1 heterocycles. The minimum absolute atomic E-state index is 0. The van der Waals surface area contributed by atoms with Crippen LogP contribution >= 0.6 is 7.94 Å². The predicted octanol–water partition coefficient (Wildman–Crippen LogP) is -9.71. The molecule has 0 unspecified atom stereocenters. The molecule has 1 aliphatic rings. The summed E-state index contributed by atoms with van der Waals surface area (Å²) in [6, 6.07) is 7.91. The molecular formula is C12H13N2Na2O9P. The van der Waals surface area contributed by atoms with E-state index < -0.39 is 44.1 Å². The number of aliphatic hydroxyl groups excluding tert-OH is 3. The van der Waals surface area contributed by atoms with Gasteiger partial charge in [-0.3, -0.25) is 4.89 Å². The number of aliphatic imine (C=N–C) groups is 1. The topological polar surface area (TPSA) is 193 Å². The smallest absolute Gasteiger partial charge is 0.657 e. The quantitative estimate of drug-likeness (QED) is 0.124. The molecule has 132 valence electrons. The van der Waals surface area contributed by atoms with Crippen LogP contribution in [0.2, 0.25) is 0 Å². The van der Waals surface area contributed by atoms with Crippen molar-refractivity contribution >= 4 is 25.6 Å². The number of rotatable bonds is 3. The van der Waals surface area contributed by atoms with Gasteiger partial charge in [-0.05, 0) is 12.1 Å². The van der Waals surface area contributed by atoms with Gasteiger partial charge < -0.3 is 39.8 Å². The van der Waals surface area contributed by atoms with Gasteiger partial charge in [0.1, 0.15) is 6.10 Å². The molecule has 0 bridgehead atoms. The van der Waals surface area contributed by atoms with Gasteiger partial charge in [-0.1, -0.05) is 18.2 Å². The molecule has 2 rings (SSSR count). The molecule has 0 aromatic heterocycles. The van der Waals surface area contributed by atoms with Crippen LogP contribution in [0.3, 0.4) is 0 Å². The normalized spacial score (nSPS) is 27.8. The van der Waals surface area contributed by atoms with Crippen molar-refractivity contribution in [3.63, 3.8) is 0 Å². The van der Waals surface area contributed by atoms with Crippen LogP contribution in [0.25, 0.3) is 0 Å². The number of ether oxygens (including phenoxy) is 1. The molecule has 11 nitrogen and oxygen atoms in total. The molecule has 1 saturated heterocycles. The Kier molecular flexibility index (Phi) is 11.3. The average Bonchev–Trinajstić information content (AvgIpc) is 2.51. The maximum Gasteiger partial charge on any atom is 1.00 e. The molecule has 26 heavy (non-hydrogen) atoms. The molecule has 1 fully saturated rings. The van der Waals surface area contributed by atoms with Gasteiger partial charge in [0, 0.05) is 0 Å². The van der Waals surface area contributed by atoms with E-state index in [2.05, 4.69) is 19.7 Å². The summed E-state index contributed by atoms with van der Waals surface area (Å²) in [4.78, 5) is 39.0. The fourth-order valence-corrected chi connectivity index (χ4v) is 2.62. The van der Waals surface area contributed by atoms with E-state index in [1.165, 1.54) is 12.1 Å². The minimum Gasteiger partial charge on any atom is -0.657 e. The summed E-state index contributed by atoms with van der Waals surface area (Å²) >= 11 is 0. The second-order valence-corrected chi connectivity index (χ2v) is 6.37. The van der Waals surface area contributed by atoms with Crippen LogP contribution in [0, 0.1) is 0 Å². The van der Waals surface area contributed by atoms with Crippen LogP contribution in [-0.2, 0) is 9.57 Å². The molecule has 4 N–H and O–H groups in total. The molecule has 0 amide bonds. The summed E-state index contributed by atoms with van der Waals surface area (Å²) in [5.74, 6) is -3.20. The molecular weight excluding hydrogens is 393 g/mol. The third kappa shape index (κ3) is 6.95. The van der Waals surface area contributed by atoms with Crippen LogP contribution in [0.1, 0.15) is 0 Å². The monoisotopic (exact) mass is 406 g/mol. The zero-order chi connectivity index (χ0) is 17.9. The molecule has 0 radical (unpaired) electrons. The van der Waals surface area contributed by atoms with Crippen LogP contribution in [0.4, 0.5) is 5.69 Å². The first-order chi connectivity index (χ1) is 11.2. The van der Waals surface area contributed by atoms with Crippen molar-refractivity contribution in [2.45, 2.75) is 24.2 Å².